The fourth-order valence-electron chi connectivity index (χ4n) is 6.20. The van der Waals surface area contributed by atoms with Crippen LogP contribution in [0.15, 0.2) is 91.0 Å². The zero-order valence-corrected chi connectivity index (χ0v) is 30.5. The minimum absolute atomic E-state index is 0.391. The van der Waals surface area contributed by atoms with E-state index in [-0.39, 0.29) is 0 Å². The number of rotatable bonds is 10. The summed E-state index contributed by atoms with van der Waals surface area (Å²) in [6, 6.07) is 23.7. The summed E-state index contributed by atoms with van der Waals surface area (Å²) >= 11 is 0. The van der Waals surface area contributed by atoms with Gasteiger partial charge in [0.1, 0.15) is 17.2 Å². The summed E-state index contributed by atoms with van der Waals surface area (Å²) in [6.07, 6.45) is 7.48. The summed E-state index contributed by atoms with van der Waals surface area (Å²) in [7, 11) is 3.80. The van der Waals surface area contributed by atoms with E-state index in [0.29, 0.717) is 40.8 Å². The number of fused-ring (bicyclic) bond motifs is 1. The first-order chi connectivity index (χ1) is 25.1. The number of aromatic nitrogens is 2. The van der Waals surface area contributed by atoms with Gasteiger partial charge in [0, 0.05) is 66.9 Å². The van der Waals surface area contributed by atoms with Crippen LogP contribution in [0.3, 0.4) is 0 Å². The number of nitrogens with one attached hydrogen (secondary N) is 3. The Bertz CT molecular complexity index is 1950. The number of amides is 1. The van der Waals surface area contributed by atoms with Crippen molar-refractivity contribution in [1.29, 1.82) is 5.41 Å². The quantitative estimate of drug-likeness (QED) is 0.112. The van der Waals surface area contributed by atoms with Crippen molar-refractivity contribution in [3.63, 3.8) is 0 Å². The molecule has 3 N–H and O–H groups in total. The molecule has 2 aliphatic rings. The van der Waals surface area contributed by atoms with Crippen molar-refractivity contribution >= 4 is 35.6 Å². The Balaban J connectivity index is 1.34. The van der Waals surface area contributed by atoms with Crippen LogP contribution in [-0.4, -0.2) is 84.1 Å². The van der Waals surface area contributed by atoms with Crippen LogP contribution in [0.1, 0.15) is 44.0 Å². The van der Waals surface area contributed by atoms with Crippen molar-refractivity contribution in [2.45, 2.75) is 45.3 Å². The Hall–Kier alpha value is -5.68. The average molecular weight is 702 g/mol. The lowest BCUT2D eigenvalue weighted by Crippen LogP contribution is -2.27. The number of hydrogen-bond donors (Lipinski definition) is 3. The van der Waals surface area contributed by atoms with Crippen molar-refractivity contribution in [3.05, 3.63) is 108 Å². The van der Waals surface area contributed by atoms with Crippen molar-refractivity contribution in [2.24, 2.45) is 0 Å². The molecule has 0 saturated carbocycles. The van der Waals surface area contributed by atoms with Gasteiger partial charge in [-0.1, -0.05) is 48.5 Å². The van der Waals surface area contributed by atoms with E-state index in [1.54, 1.807) is 46.3 Å². The van der Waals surface area contributed by atoms with E-state index in [2.05, 4.69) is 51.7 Å². The SMILES string of the molecule is COC1=Cc2nc(-c3cccc(-c4ccccc4)c3)nc(Nc3ccc(NC(=O)OC(C)(C)C)c(C=N)c3)c2CC1OC=CN1CCCN(C)CC1. The lowest BCUT2D eigenvalue weighted by Gasteiger charge is -2.26. The highest BCUT2D eigenvalue weighted by Crippen LogP contribution is 2.35. The highest BCUT2D eigenvalue weighted by molar-refractivity contribution is 5.95. The Morgan fingerprint density at radius 1 is 0.942 bits per heavy atom. The third-order valence-corrected chi connectivity index (χ3v) is 8.86. The van der Waals surface area contributed by atoms with Crippen LogP contribution in [0.4, 0.5) is 22.0 Å². The molecule has 0 spiro atoms. The molecule has 11 nitrogen and oxygen atoms in total. The molecule has 1 aromatic heterocycles. The molecule has 1 unspecified atom stereocenters. The molecule has 1 aliphatic heterocycles. The van der Waals surface area contributed by atoms with Gasteiger partial charge in [-0.15, -0.1) is 0 Å². The van der Waals surface area contributed by atoms with Gasteiger partial charge in [0.15, 0.2) is 11.9 Å². The molecule has 2 heterocycles. The maximum Gasteiger partial charge on any atom is 0.412 e. The van der Waals surface area contributed by atoms with Crippen LogP contribution >= 0.6 is 0 Å². The third kappa shape index (κ3) is 9.15. The number of hydrogen-bond acceptors (Lipinski definition) is 10. The molecular formula is C41H47N7O4. The summed E-state index contributed by atoms with van der Waals surface area (Å²) in [6.45, 7) is 9.41. The zero-order chi connectivity index (χ0) is 36.7. The Labute approximate surface area is 305 Å². The van der Waals surface area contributed by atoms with Crippen LogP contribution < -0.4 is 10.6 Å². The zero-order valence-electron chi connectivity index (χ0n) is 30.5. The van der Waals surface area contributed by atoms with E-state index < -0.39 is 17.8 Å². The van der Waals surface area contributed by atoms with Crippen LogP contribution in [0.25, 0.3) is 28.6 Å². The van der Waals surface area contributed by atoms with E-state index in [1.165, 1.54) is 6.21 Å². The topological polar surface area (TPSA) is 125 Å². The number of anilines is 3. The summed E-state index contributed by atoms with van der Waals surface area (Å²) < 4.78 is 17.6. The maximum atomic E-state index is 12.5. The summed E-state index contributed by atoms with van der Waals surface area (Å²) in [5.41, 5.74) is 5.60. The predicted molar refractivity (Wildman–Crippen MR) is 207 cm³/mol. The average Bonchev–Trinajstić information content (AvgIpc) is 3.35. The largest absolute Gasteiger partial charge is 0.497 e. The van der Waals surface area contributed by atoms with Crippen molar-refractivity contribution in [3.8, 4) is 22.5 Å². The first kappa shape index (κ1) is 36.1. The normalized spacial score (nSPS) is 16.4. The van der Waals surface area contributed by atoms with Crippen LogP contribution in [-0.2, 0) is 20.6 Å². The lowest BCUT2D eigenvalue weighted by molar-refractivity contribution is 0.0636. The smallest absolute Gasteiger partial charge is 0.412 e. The third-order valence-electron chi connectivity index (χ3n) is 8.86. The van der Waals surface area contributed by atoms with Gasteiger partial charge in [0.05, 0.1) is 24.8 Å². The van der Waals surface area contributed by atoms with E-state index >= 15 is 0 Å². The van der Waals surface area contributed by atoms with Gasteiger partial charge >= 0.3 is 6.09 Å². The molecule has 1 aliphatic carbocycles. The van der Waals surface area contributed by atoms with Gasteiger partial charge < -0.3 is 34.7 Å². The maximum absolute atomic E-state index is 12.5. The molecule has 270 valence electrons. The molecule has 4 aromatic rings. The van der Waals surface area contributed by atoms with Gasteiger partial charge in [0.25, 0.3) is 0 Å². The second-order valence-electron chi connectivity index (χ2n) is 14.0. The number of methoxy groups -OCH3 is 1. The number of ether oxygens (including phenoxy) is 3. The minimum Gasteiger partial charge on any atom is -0.497 e. The van der Waals surface area contributed by atoms with E-state index in [1.807, 2.05) is 48.7 Å². The number of nitrogens with zero attached hydrogens (tertiary/aromatic N) is 4. The lowest BCUT2D eigenvalue weighted by atomic mass is 9.97. The molecule has 11 heteroatoms. The van der Waals surface area contributed by atoms with E-state index in [4.69, 9.17) is 29.6 Å². The molecule has 3 aromatic carbocycles. The van der Waals surface area contributed by atoms with Crippen molar-refractivity contribution in [1.82, 2.24) is 19.8 Å². The van der Waals surface area contributed by atoms with E-state index in [9.17, 15) is 4.79 Å². The molecule has 1 atom stereocenters. The van der Waals surface area contributed by atoms with Gasteiger partial charge in [0.2, 0.25) is 0 Å². The highest BCUT2D eigenvalue weighted by atomic mass is 16.6. The summed E-state index contributed by atoms with van der Waals surface area (Å²) in [5, 5.41) is 14.3. The molecular weight excluding hydrogens is 654 g/mol. The minimum atomic E-state index is -0.653. The Morgan fingerprint density at radius 2 is 1.73 bits per heavy atom. The Kier molecular flexibility index (Phi) is 11.2. The van der Waals surface area contributed by atoms with E-state index in [0.717, 1.165) is 60.5 Å². The fraction of sp³-hybridized carbons (Fsp3) is 0.317. The van der Waals surface area contributed by atoms with Crippen LogP contribution in [0, 0.1) is 5.41 Å². The molecule has 6 rings (SSSR count). The van der Waals surface area contributed by atoms with Gasteiger partial charge in [-0.05, 0) is 76.2 Å². The van der Waals surface area contributed by atoms with Gasteiger partial charge in [-0.25, -0.2) is 14.8 Å². The van der Waals surface area contributed by atoms with Crippen molar-refractivity contribution < 1.29 is 19.0 Å². The second-order valence-corrected chi connectivity index (χ2v) is 14.0. The second kappa shape index (κ2) is 16.1. The monoisotopic (exact) mass is 701 g/mol. The predicted octanol–water partition coefficient (Wildman–Crippen LogP) is 7.94. The molecule has 1 saturated heterocycles. The highest BCUT2D eigenvalue weighted by Gasteiger charge is 2.28. The first-order valence-corrected chi connectivity index (χ1v) is 17.6. The molecule has 1 fully saturated rings. The number of carbonyl (C=O) groups is 1. The van der Waals surface area contributed by atoms with Crippen LogP contribution in [0.2, 0.25) is 0 Å². The number of carbonyl (C=O) groups excluding carboxylic acids is 1. The molecule has 0 bridgehead atoms. The van der Waals surface area contributed by atoms with Crippen LogP contribution in [0.5, 0.6) is 0 Å². The standard InChI is InChI=1S/C41H47N7O4/c1-41(2,3)52-40(49)45-34-16-15-32(24-31(34)27-42)43-39-33-25-37(51-22-21-48-18-10-17-47(4)19-20-48)36(50-5)26-35(33)44-38(46-39)30-14-9-13-29(23-30)28-11-7-6-8-12-28/h6-9,11-16,21-24,26-27,37,42H,10,17-20,25H2,1-5H3,(H,45,49)(H,43,44,46). The fourth-order valence-corrected chi connectivity index (χ4v) is 6.20. The summed E-state index contributed by atoms with van der Waals surface area (Å²) in [5.74, 6) is 1.82. The van der Waals surface area contributed by atoms with Gasteiger partial charge in [-0.3, -0.25) is 5.32 Å². The molecule has 0 radical (unpaired) electrons. The number of likely N-dealkylation sites (N-methyl/N-ethyl adjacent to an activating group) is 1. The first-order valence-electron chi connectivity index (χ1n) is 17.6. The molecule has 52 heavy (non-hydrogen) atoms. The summed E-state index contributed by atoms with van der Waals surface area (Å²) in [4.78, 5) is 27.3. The number of benzene rings is 3. The molecule has 1 amide bonds. The van der Waals surface area contributed by atoms with Gasteiger partial charge in [-0.2, -0.15) is 0 Å². The van der Waals surface area contributed by atoms with Crippen molar-refractivity contribution in [2.75, 3.05) is 51.0 Å². The Morgan fingerprint density at radius 3 is 2.50 bits per heavy atom.